The molecule has 3 heteroatoms. The van der Waals surface area contributed by atoms with Crippen molar-refractivity contribution in [2.24, 2.45) is 0 Å². The molecule has 0 bridgehead atoms. The Hall–Kier alpha value is -8.40. The van der Waals surface area contributed by atoms with Gasteiger partial charge in [0.15, 0.2) is 0 Å². The quantitative estimate of drug-likeness (QED) is 0.172. The van der Waals surface area contributed by atoms with Crippen LogP contribution in [0.15, 0.2) is 224 Å². The van der Waals surface area contributed by atoms with Crippen LogP contribution < -0.4 is 9.80 Å². The summed E-state index contributed by atoms with van der Waals surface area (Å²) >= 11 is 0. The number of benzene rings is 10. The van der Waals surface area contributed by atoms with Crippen LogP contribution in [0.3, 0.4) is 0 Å². The second-order valence-electron chi connectivity index (χ2n) is 18.9. The summed E-state index contributed by atoms with van der Waals surface area (Å²) in [5.74, 6) is 0. The second-order valence-corrected chi connectivity index (χ2v) is 18.9. The first-order valence-corrected chi connectivity index (χ1v) is 23.5. The summed E-state index contributed by atoms with van der Waals surface area (Å²) in [5.41, 5.74) is 22.5. The van der Waals surface area contributed by atoms with E-state index in [1.165, 1.54) is 116 Å². The Kier molecular flexibility index (Phi) is 7.22. The Balaban J connectivity index is 1.04. The first-order chi connectivity index (χ1) is 33.1. The number of aromatic nitrogens is 1. The number of para-hydroxylation sites is 5. The lowest BCUT2D eigenvalue weighted by atomic mass is 9.49. The highest BCUT2D eigenvalue weighted by Crippen LogP contribution is 2.68. The fourth-order valence-corrected chi connectivity index (χ4v) is 13.2. The molecule has 3 nitrogen and oxygen atoms in total. The molecule has 0 N–H and O–H groups in total. The molecular weight excluding hydrogens is 811 g/mol. The lowest BCUT2D eigenvalue weighted by Gasteiger charge is -2.56. The van der Waals surface area contributed by atoms with Gasteiger partial charge in [0.2, 0.25) is 0 Å². The molecule has 15 rings (SSSR count). The third-order valence-electron chi connectivity index (χ3n) is 15.6. The number of aryl methyl sites for hydroxylation is 2. The van der Waals surface area contributed by atoms with Crippen molar-refractivity contribution < 1.29 is 0 Å². The molecule has 10 aromatic carbocycles. The molecule has 0 atom stereocenters. The van der Waals surface area contributed by atoms with Crippen molar-refractivity contribution in [1.82, 2.24) is 4.40 Å². The summed E-state index contributed by atoms with van der Waals surface area (Å²) in [6.45, 7) is 4.51. The lowest BCUT2D eigenvalue weighted by molar-refractivity contribution is 0.607. The average molecular weight is 854 g/mol. The molecule has 0 radical (unpaired) electrons. The van der Waals surface area contributed by atoms with Crippen LogP contribution in [-0.2, 0) is 10.8 Å². The van der Waals surface area contributed by atoms with Gasteiger partial charge in [-0.3, -0.25) is 0 Å². The lowest BCUT2D eigenvalue weighted by Crippen LogP contribution is -2.49. The second kappa shape index (κ2) is 13.1. The molecule has 0 amide bonds. The molecule has 67 heavy (non-hydrogen) atoms. The van der Waals surface area contributed by atoms with Crippen molar-refractivity contribution in [1.29, 1.82) is 0 Å². The summed E-state index contributed by atoms with van der Waals surface area (Å²) in [5, 5.41) is 5.15. The highest BCUT2D eigenvalue weighted by atomic mass is 15.2. The summed E-state index contributed by atoms with van der Waals surface area (Å²) < 4.78 is 2.48. The molecule has 2 aliphatic heterocycles. The van der Waals surface area contributed by atoms with Crippen LogP contribution in [-0.4, -0.2) is 4.40 Å². The van der Waals surface area contributed by atoms with Crippen LogP contribution in [0, 0.1) is 13.8 Å². The number of nitrogens with zero attached hydrogens (tertiary/aromatic N) is 3. The third kappa shape index (κ3) is 4.47. The van der Waals surface area contributed by atoms with Crippen LogP contribution in [0.1, 0.15) is 55.6 Å². The van der Waals surface area contributed by atoms with E-state index in [1.54, 1.807) is 0 Å². The number of rotatable bonds is 2. The Bertz CT molecular complexity index is 3890. The van der Waals surface area contributed by atoms with Gasteiger partial charge in [0.05, 0.1) is 50.1 Å². The summed E-state index contributed by atoms with van der Waals surface area (Å²) in [6, 6.07) is 85.2. The van der Waals surface area contributed by atoms with Gasteiger partial charge in [0, 0.05) is 32.9 Å². The first kappa shape index (κ1) is 36.9. The van der Waals surface area contributed by atoms with Gasteiger partial charge in [-0.15, -0.1) is 0 Å². The third-order valence-corrected chi connectivity index (χ3v) is 15.6. The fourth-order valence-electron chi connectivity index (χ4n) is 13.2. The number of hydrogen-bond acceptors (Lipinski definition) is 2. The number of hydrogen-bond donors (Lipinski definition) is 0. The molecule has 0 fully saturated rings. The SMILES string of the molecule is Cc1ccc2c(c1)C1(c3cc(C)ccc3N2c2ccc3c(c2)c2cccc4c5ccccc5n3c42)c2ccccc2C2(c3ccccc3N(c3ccccc3)c3ccccc32)c2ccccc21. The zero-order valence-electron chi connectivity index (χ0n) is 37.2. The van der Waals surface area contributed by atoms with Gasteiger partial charge in [-0.05, 0) is 119 Å². The Labute approximate surface area is 389 Å². The highest BCUT2D eigenvalue weighted by Gasteiger charge is 2.59. The van der Waals surface area contributed by atoms with Gasteiger partial charge in [0.25, 0.3) is 0 Å². The van der Waals surface area contributed by atoms with E-state index in [0.717, 1.165) is 11.4 Å². The fraction of sp³-hybridized carbons (Fsp3) is 0.0625. The van der Waals surface area contributed by atoms with E-state index in [4.69, 9.17) is 0 Å². The molecule has 4 heterocycles. The topological polar surface area (TPSA) is 10.9 Å². The molecule has 314 valence electrons. The summed E-state index contributed by atoms with van der Waals surface area (Å²) in [4.78, 5) is 5.03. The van der Waals surface area contributed by atoms with E-state index >= 15 is 0 Å². The Morgan fingerprint density at radius 3 is 1.31 bits per heavy atom. The maximum absolute atomic E-state index is 2.56. The van der Waals surface area contributed by atoms with E-state index in [2.05, 4.69) is 253 Å². The van der Waals surface area contributed by atoms with Crippen LogP contribution in [0.2, 0.25) is 0 Å². The molecular formula is C64H43N3. The van der Waals surface area contributed by atoms with Crippen molar-refractivity contribution in [3.05, 3.63) is 280 Å². The highest BCUT2D eigenvalue weighted by molar-refractivity contribution is 6.23. The zero-order chi connectivity index (χ0) is 44.2. The van der Waals surface area contributed by atoms with Crippen molar-refractivity contribution in [3.8, 4) is 0 Å². The molecule has 2 aromatic heterocycles. The smallest absolute Gasteiger partial charge is 0.0748 e. The predicted octanol–water partition coefficient (Wildman–Crippen LogP) is 16.1. The van der Waals surface area contributed by atoms with Crippen LogP contribution >= 0.6 is 0 Å². The molecule has 12 aromatic rings. The standard InChI is InChI=1S/C64H43N3/c1-40-31-34-60-54(37-40)64(55-38-41(2)32-35-61(55)66(60)43-33-36-57-47(39-43)46-21-16-20-45-44-19-6-13-28-56(44)67(57)62(45)46)50-24-9-7-22-48(50)63(49-23-8-10-25-51(49)64)52-26-11-14-29-58(52)65(42-17-4-3-5-18-42)59-30-15-12-27-53(59)63/h3-39H,1-2H3. The van der Waals surface area contributed by atoms with Gasteiger partial charge >= 0.3 is 0 Å². The van der Waals surface area contributed by atoms with E-state index in [1.807, 2.05) is 0 Å². The predicted molar refractivity (Wildman–Crippen MR) is 277 cm³/mol. The van der Waals surface area contributed by atoms with Crippen molar-refractivity contribution in [2.75, 3.05) is 9.80 Å². The zero-order valence-corrected chi connectivity index (χ0v) is 37.2. The summed E-state index contributed by atoms with van der Waals surface area (Å²) in [6.07, 6.45) is 0. The van der Waals surface area contributed by atoms with Crippen LogP contribution in [0.4, 0.5) is 34.1 Å². The Morgan fingerprint density at radius 2 is 0.716 bits per heavy atom. The monoisotopic (exact) mass is 853 g/mol. The molecule has 3 aliphatic rings. The van der Waals surface area contributed by atoms with Gasteiger partial charge in [0.1, 0.15) is 0 Å². The maximum atomic E-state index is 2.56. The minimum Gasteiger partial charge on any atom is -0.310 e. The van der Waals surface area contributed by atoms with Gasteiger partial charge in [-0.1, -0.05) is 175 Å². The van der Waals surface area contributed by atoms with E-state index in [-0.39, 0.29) is 0 Å². The number of anilines is 6. The van der Waals surface area contributed by atoms with Crippen LogP contribution in [0.25, 0.3) is 38.1 Å². The van der Waals surface area contributed by atoms with E-state index < -0.39 is 10.8 Å². The normalized spacial score (nSPS) is 14.9. The Morgan fingerprint density at radius 1 is 0.284 bits per heavy atom. The largest absolute Gasteiger partial charge is 0.310 e. The van der Waals surface area contributed by atoms with E-state index in [0.29, 0.717) is 0 Å². The van der Waals surface area contributed by atoms with Crippen molar-refractivity contribution in [3.63, 3.8) is 0 Å². The molecule has 0 saturated heterocycles. The minimum absolute atomic E-state index is 0.621. The van der Waals surface area contributed by atoms with Crippen molar-refractivity contribution in [2.45, 2.75) is 24.7 Å². The first-order valence-electron chi connectivity index (χ1n) is 23.5. The van der Waals surface area contributed by atoms with Crippen LogP contribution in [0.5, 0.6) is 0 Å². The molecule has 0 unspecified atom stereocenters. The average Bonchev–Trinajstić information content (AvgIpc) is 3.90. The molecule has 0 saturated carbocycles. The van der Waals surface area contributed by atoms with Gasteiger partial charge in [-0.2, -0.15) is 0 Å². The summed E-state index contributed by atoms with van der Waals surface area (Å²) in [7, 11) is 0. The minimum atomic E-state index is -0.655. The number of fused-ring (bicyclic) bond motifs is 20. The molecule has 2 spiro atoms. The van der Waals surface area contributed by atoms with E-state index in [9.17, 15) is 0 Å². The van der Waals surface area contributed by atoms with Gasteiger partial charge in [-0.25, -0.2) is 0 Å². The van der Waals surface area contributed by atoms with Crippen molar-refractivity contribution >= 4 is 72.2 Å². The molecule has 1 aliphatic carbocycles. The van der Waals surface area contributed by atoms with Gasteiger partial charge < -0.3 is 14.2 Å². The maximum Gasteiger partial charge on any atom is 0.0748 e.